The number of hydrogen-bond acceptors (Lipinski definition) is 3. The van der Waals surface area contributed by atoms with E-state index in [-0.39, 0.29) is 0 Å². The Balaban J connectivity index is 1.61. The summed E-state index contributed by atoms with van der Waals surface area (Å²) in [5.41, 5.74) is 0. The highest BCUT2D eigenvalue weighted by atomic mass is 32.1. The fraction of sp³-hybridized carbons (Fsp3) is 0.692. The predicted molar refractivity (Wildman–Crippen MR) is 69.0 cm³/mol. The molecule has 2 unspecified atom stereocenters. The molecule has 2 nitrogen and oxygen atoms in total. The first-order chi connectivity index (χ1) is 7.90. The van der Waals surface area contributed by atoms with E-state index >= 15 is 0 Å². The van der Waals surface area contributed by atoms with E-state index in [2.05, 4.69) is 29.8 Å². The van der Waals surface area contributed by atoms with Crippen molar-refractivity contribution in [3.8, 4) is 0 Å². The van der Waals surface area contributed by atoms with Crippen molar-refractivity contribution in [1.29, 1.82) is 0 Å². The van der Waals surface area contributed by atoms with E-state index in [1.165, 1.54) is 11.3 Å². The largest absolute Gasteiger partial charge is 0.378 e. The smallest absolute Gasteiger partial charge is 0.0613 e. The van der Waals surface area contributed by atoms with E-state index in [4.69, 9.17) is 4.74 Å². The molecule has 1 N–H and O–H groups in total. The van der Waals surface area contributed by atoms with Crippen LogP contribution in [0.1, 0.15) is 24.6 Å². The van der Waals surface area contributed by atoms with E-state index < -0.39 is 0 Å². The van der Waals surface area contributed by atoms with Crippen LogP contribution in [0.4, 0.5) is 0 Å². The standard InChI is InChI=1S/C13H21NOS/c1-2-13-11(6-8-15-13)10-14-7-5-12-4-3-9-16-12/h3-4,9,11,13-14H,2,5-8,10H2,1H3. The summed E-state index contributed by atoms with van der Waals surface area (Å²) in [6.45, 7) is 5.38. The maximum Gasteiger partial charge on any atom is 0.0613 e. The number of hydrogen-bond donors (Lipinski definition) is 1. The van der Waals surface area contributed by atoms with Crippen LogP contribution in [0.3, 0.4) is 0 Å². The fourth-order valence-electron chi connectivity index (χ4n) is 2.33. The average Bonchev–Trinajstić information content (AvgIpc) is 2.95. The third-order valence-electron chi connectivity index (χ3n) is 3.28. The predicted octanol–water partition coefficient (Wildman–Crippen LogP) is 2.70. The van der Waals surface area contributed by atoms with Crippen molar-refractivity contribution in [2.24, 2.45) is 5.92 Å². The van der Waals surface area contributed by atoms with Crippen molar-refractivity contribution >= 4 is 11.3 Å². The van der Waals surface area contributed by atoms with Crippen LogP contribution >= 0.6 is 11.3 Å². The van der Waals surface area contributed by atoms with Gasteiger partial charge in [-0.25, -0.2) is 0 Å². The first-order valence-electron chi connectivity index (χ1n) is 6.25. The second-order valence-electron chi connectivity index (χ2n) is 4.40. The van der Waals surface area contributed by atoms with Crippen molar-refractivity contribution in [2.75, 3.05) is 19.7 Å². The summed E-state index contributed by atoms with van der Waals surface area (Å²) in [4.78, 5) is 1.47. The van der Waals surface area contributed by atoms with Crippen molar-refractivity contribution < 1.29 is 4.74 Å². The molecule has 1 aliphatic rings. The highest BCUT2D eigenvalue weighted by molar-refractivity contribution is 7.09. The number of thiophene rings is 1. The molecule has 0 saturated carbocycles. The van der Waals surface area contributed by atoms with Crippen LogP contribution in [0.2, 0.25) is 0 Å². The van der Waals surface area contributed by atoms with Gasteiger partial charge in [0.25, 0.3) is 0 Å². The molecule has 0 amide bonds. The molecule has 0 spiro atoms. The first kappa shape index (κ1) is 12.1. The number of rotatable bonds is 6. The van der Waals surface area contributed by atoms with Gasteiger partial charge in [-0.3, -0.25) is 0 Å². The van der Waals surface area contributed by atoms with E-state index in [1.807, 2.05) is 11.3 Å². The zero-order valence-corrected chi connectivity index (χ0v) is 10.8. The Bertz CT molecular complexity index is 286. The molecular weight excluding hydrogens is 218 g/mol. The minimum atomic E-state index is 0.495. The summed E-state index contributed by atoms with van der Waals surface area (Å²) < 4.78 is 5.68. The van der Waals surface area contributed by atoms with Crippen LogP contribution in [0.15, 0.2) is 17.5 Å². The highest BCUT2D eigenvalue weighted by Crippen LogP contribution is 2.22. The van der Waals surface area contributed by atoms with Gasteiger partial charge in [-0.2, -0.15) is 0 Å². The molecule has 16 heavy (non-hydrogen) atoms. The average molecular weight is 239 g/mol. The second-order valence-corrected chi connectivity index (χ2v) is 5.43. The van der Waals surface area contributed by atoms with Crippen LogP contribution in [-0.2, 0) is 11.2 Å². The van der Waals surface area contributed by atoms with Crippen LogP contribution in [0.25, 0.3) is 0 Å². The van der Waals surface area contributed by atoms with Gasteiger partial charge >= 0.3 is 0 Å². The molecule has 1 aromatic rings. The molecule has 0 aliphatic carbocycles. The van der Waals surface area contributed by atoms with Crippen LogP contribution < -0.4 is 5.32 Å². The molecular formula is C13H21NOS. The Hall–Kier alpha value is -0.380. The molecule has 1 saturated heterocycles. The fourth-order valence-corrected chi connectivity index (χ4v) is 3.04. The topological polar surface area (TPSA) is 21.3 Å². The normalized spacial score (nSPS) is 25.1. The summed E-state index contributed by atoms with van der Waals surface area (Å²) in [5, 5.41) is 5.70. The summed E-state index contributed by atoms with van der Waals surface area (Å²) >= 11 is 1.85. The quantitative estimate of drug-likeness (QED) is 0.771. The SMILES string of the molecule is CCC1OCCC1CNCCc1cccs1. The van der Waals surface area contributed by atoms with Crippen LogP contribution in [-0.4, -0.2) is 25.8 Å². The molecule has 0 aromatic carbocycles. The summed E-state index contributed by atoms with van der Waals surface area (Å²) in [6.07, 6.45) is 4.03. The zero-order valence-electron chi connectivity index (χ0n) is 9.95. The minimum absolute atomic E-state index is 0.495. The van der Waals surface area contributed by atoms with Crippen molar-refractivity contribution in [2.45, 2.75) is 32.3 Å². The highest BCUT2D eigenvalue weighted by Gasteiger charge is 2.25. The van der Waals surface area contributed by atoms with Gasteiger partial charge in [0.1, 0.15) is 0 Å². The molecule has 1 fully saturated rings. The van der Waals surface area contributed by atoms with Crippen LogP contribution in [0.5, 0.6) is 0 Å². The lowest BCUT2D eigenvalue weighted by Gasteiger charge is -2.17. The molecule has 0 bridgehead atoms. The van der Waals surface area contributed by atoms with Gasteiger partial charge in [0.15, 0.2) is 0 Å². The molecule has 2 rings (SSSR count). The lowest BCUT2D eigenvalue weighted by atomic mass is 10.00. The van der Waals surface area contributed by atoms with E-state index in [0.717, 1.165) is 38.5 Å². The van der Waals surface area contributed by atoms with Crippen molar-refractivity contribution in [3.05, 3.63) is 22.4 Å². The second kappa shape index (κ2) is 6.38. The Morgan fingerprint density at radius 1 is 1.56 bits per heavy atom. The lowest BCUT2D eigenvalue weighted by Crippen LogP contribution is -2.29. The molecule has 0 radical (unpaired) electrons. The molecule has 90 valence electrons. The van der Waals surface area contributed by atoms with Gasteiger partial charge < -0.3 is 10.1 Å². The van der Waals surface area contributed by atoms with Gasteiger partial charge in [0.05, 0.1) is 6.10 Å². The van der Waals surface area contributed by atoms with Gasteiger partial charge in [0, 0.05) is 18.0 Å². The first-order valence-corrected chi connectivity index (χ1v) is 7.13. The Morgan fingerprint density at radius 2 is 2.50 bits per heavy atom. The van der Waals surface area contributed by atoms with E-state index in [9.17, 15) is 0 Å². The molecule has 1 aliphatic heterocycles. The third kappa shape index (κ3) is 3.30. The lowest BCUT2D eigenvalue weighted by molar-refractivity contribution is 0.0873. The minimum Gasteiger partial charge on any atom is -0.378 e. The summed E-state index contributed by atoms with van der Waals surface area (Å²) in [7, 11) is 0. The van der Waals surface area contributed by atoms with Gasteiger partial charge in [-0.1, -0.05) is 13.0 Å². The monoisotopic (exact) mass is 239 g/mol. The Morgan fingerprint density at radius 3 is 3.25 bits per heavy atom. The van der Waals surface area contributed by atoms with Crippen molar-refractivity contribution in [1.82, 2.24) is 5.32 Å². The number of nitrogens with one attached hydrogen (secondary N) is 1. The molecule has 3 heteroatoms. The molecule has 1 aromatic heterocycles. The Kier molecular flexibility index (Phi) is 4.82. The maximum atomic E-state index is 5.68. The maximum absolute atomic E-state index is 5.68. The van der Waals surface area contributed by atoms with Crippen molar-refractivity contribution in [3.63, 3.8) is 0 Å². The Labute approximate surface area is 102 Å². The number of ether oxygens (including phenoxy) is 1. The summed E-state index contributed by atoms with van der Waals surface area (Å²) in [5.74, 6) is 0.730. The summed E-state index contributed by atoms with van der Waals surface area (Å²) in [6, 6.07) is 4.33. The third-order valence-corrected chi connectivity index (χ3v) is 4.22. The zero-order chi connectivity index (χ0) is 11.2. The van der Waals surface area contributed by atoms with Gasteiger partial charge in [-0.05, 0) is 43.2 Å². The van der Waals surface area contributed by atoms with Gasteiger partial charge in [-0.15, -0.1) is 11.3 Å². The molecule has 2 atom stereocenters. The van der Waals surface area contributed by atoms with Crippen LogP contribution in [0, 0.1) is 5.92 Å². The van der Waals surface area contributed by atoms with E-state index in [0.29, 0.717) is 6.10 Å². The van der Waals surface area contributed by atoms with Gasteiger partial charge in [0.2, 0.25) is 0 Å². The van der Waals surface area contributed by atoms with E-state index in [1.54, 1.807) is 0 Å². The molecule has 2 heterocycles.